The van der Waals surface area contributed by atoms with Gasteiger partial charge >= 0.3 is 0 Å². The van der Waals surface area contributed by atoms with Crippen molar-refractivity contribution < 1.29 is 4.39 Å². The molecule has 0 aliphatic heterocycles. The minimum Gasteiger partial charge on any atom is -0.372 e. The van der Waals surface area contributed by atoms with E-state index in [1.807, 2.05) is 43.1 Å². The summed E-state index contributed by atoms with van der Waals surface area (Å²) >= 11 is 0. The van der Waals surface area contributed by atoms with Gasteiger partial charge in [0.05, 0.1) is 5.69 Å². The van der Waals surface area contributed by atoms with Gasteiger partial charge in [-0.05, 0) is 30.5 Å². The molecule has 2 nitrogen and oxygen atoms in total. The maximum atomic E-state index is 14.1. The molecule has 2 N–H and O–H groups in total. The second kappa shape index (κ2) is 6.53. The molecule has 0 amide bonds. The molecular weight excluding hydrogens is 251 g/mol. The first-order chi connectivity index (χ1) is 9.59. The van der Waals surface area contributed by atoms with Crippen LogP contribution in [0.2, 0.25) is 0 Å². The van der Waals surface area contributed by atoms with Crippen molar-refractivity contribution in [2.24, 2.45) is 5.73 Å². The van der Waals surface area contributed by atoms with E-state index in [0.717, 1.165) is 18.5 Å². The first kappa shape index (κ1) is 14.5. The largest absolute Gasteiger partial charge is 0.372 e. The molecule has 2 rings (SSSR count). The van der Waals surface area contributed by atoms with E-state index in [9.17, 15) is 4.39 Å². The lowest BCUT2D eigenvalue weighted by Crippen LogP contribution is -2.24. The summed E-state index contributed by atoms with van der Waals surface area (Å²) in [6, 6.07) is 15.1. The van der Waals surface area contributed by atoms with Crippen LogP contribution in [-0.2, 0) is 6.42 Å². The molecule has 0 heterocycles. The number of likely N-dealkylation sites (N-methyl/N-ethyl adjacent to an activating group) is 1. The molecule has 0 radical (unpaired) electrons. The average molecular weight is 272 g/mol. The van der Waals surface area contributed by atoms with Crippen molar-refractivity contribution in [1.82, 2.24) is 0 Å². The van der Waals surface area contributed by atoms with Crippen LogP contribution in [0.3, 0.4) is 0 Å². The number of para-hydroxylation sites is 1. The fourth-order valence-corrected chi connectivity index (χ4v) is 2.36. The summed E-state index contributed by atoms with van der Waals surface area (Å²) < 4.78 is 14.1. The second-order valence-corrected chi connectivity index (χ2v) is 5.12. The molecule has 0 aromatic heterocycles. The van der Waals surface area contributed by atoms with Crippen LogP contribution in [-0.4, -0.2) is 13.6 Å². The van der Waals surface area contributed by atoms with Crippen LogP contribution in [0.25, 0.3) is 0 Å². The molecule has 0 saturated carbocycles. The van der Waals surface area contributed by atoms with E-state index in [4.69, 9.17) is 5.73 Å². The van der Waals surface area contributed by atoms with Gasteiger partial charge in [-0.3, -0.25) is 0 Å². The fourth-order valence-electron chi connectivity index (χ4n) is 2.36. The summed E-state index contributed by atoms with van der Waals surface area (Å²) in [6.07, 6.45) is 0.879. The zero-order chi connectivity index (χ0) is 14.5. The Hall–Kier alpha value is -1.87. The third kappa shape index (κ3) is 3.36. The topological polar surface area (TPSA) is 29.3 Å². The highest BCUT2D eigenvalue weighted by molar-refractivity contribution is 5.55. The molecule has 0 bridgehead atoms. The Morgan fingerprint density at radius 3 is 2.45 bits per heavy atom. The maximum Gasteiger partial charge on any atom is 0.146 e. The van der Waals surface area contributed by atoms with Gasteiger partial charge < -0.3 is 10.6 Å². The zero-order valence-corrected chi connectivity index (χ0v) is 12.0. The fraction of sp³-hybridized carbons (Fsp3) is 0.294. The van der Waals surface area contributed by atoms with Crippen molar-refractivity contribution in [2.75, 3.05) is 18.5 Å². The summed E-state index contributed by atoms with van der Waals surface area (Å²) in [7, 11) is 1.91. The van der Waals surface area contributed by atoms with E-state index < -0.39 is 0 Å². The van der Waals surface area contributed by atoms with E-state index in [2.05, 4.69) is 12.1 Å². The van der Waals surface area contributed by atoms with Gasteiger partial charge in [-0.1, -0.05) is 42.5 Å². The highest BCUT2D eigenvalue weighted by atomic mass is 19.1. The van der Waals surface area contributed by atoms with Gasteiger partial charge in [-0.2, -0.15) is 0 Å². The average Bonchev–Trinajstić information content (AvgIpc) is 2.45. The standard InChI is InChI=1S/C17H21FN2/c1-13(19)15-9-6-10-16(18)17(15)20(2)12-11-14-7-4-3-5-8-14/h3-10,13H,11-12,19H2,1-2H3/t13-/m0/s1. The molecule has 0 aliphatic rings. The lowest BCUT2D eigenvalue weighted by Gasteiger charge is -2.24. The molecule has 3 heteroatoms. The van der Waals surface area contributed by atoms with E-state index in [-0.39, 0.29) is 11.9 Å². The summed E-state index contributed by atoms with van der Waals surface area (Å²) in [5.74, 6) is -0.213. The number of rotatable bonds is 5. The van der Waals surface area contributed by atoms with Gasteiger partial charge in [0.1, 0.15) is 5.82 Å². The molecule has 106 valence electrons. The Bertz CT molecular complexity index is 552. The third-order valence-electron chi connectivity index (χ3n) is 3.47. The van der Waals surface area contributed by atoms with Crippen LogP contribution in [0.1, 0.15) is 24.1 Å². The van der Waals surface area contributed by atoms with Crippen molar-refractivity contribution in [3.8, 4) is 0 Å². The maximum absolute atomic E-state index is 14.1. The van der Waals surface area contributed by atoms with Crippen LogP contribution in [0.4, 0.5) is 10.1 Å². The zero-order valence-electron chi connectivity index (χ0n) is 12.0. The predicted octanol–water partition coefficient (Wildman–Crippen LogP) is 3.52. The van der Waals surface area contributed by atoms with Gasteiger partial charge in [-0.25, -0.2) is 4.39 Å². The van der Waals surface area contributed by atoms with Crippen LogP contribution >= 0.6 is 0 Å². The SMILES string of the molecule is C[C@H](N)c1cccc(F)c1N(C)CCc1ccccc1. The van der Waals surface area contributed by atoms with Crippen LogP contribution in [0, 0.1) is 5.82 Å². The van der Waals surface area contributed by atoms with E-state index in [1.165, 1.54) is 11.6 Å². The quantitative estimate of drug-likeness (QED) is 0.902. The van der Waals surface area contributed by atoms with Crippen LogP contribution < -0.4 is 10.6 Å². The van der Waals surface area contributed by atoms with Crippen molar-refractivity contribution in [2.45, 2.75) is 19.4 Å². The monoisotopic (exact) mass is 272 g/mol. The Labute approximate surface area is 120 Å². The summed E-state index contributed by atoms with van der Waals surface area (Å²) in [5, 5.41) is 0. The predicted molar refractivity (Wildman–Crippen MR) is 82.4 cm³/mol. The molecule has 2 aromatic carbocycles. The molecule has 0 spiro atoms. The first-order valence-electron chi connectivity index (χ1n) is 6.88. The van der Waals surface area contributed by atoms with Gasteiger partial charge in [0.25, 0.3) is 0 Å². The molecule has 1 atom stereocenters. The molecule has 0 saturated heterocycles. The molecular formula is C17H21FN2. The smallest absolute Gasteiger partial charge is 0.146 e. The first-order valence-corrected chi connectivity index (χ1v) is 6.88. The number of benzene rings is 2. The summed E-state index contributed by atoms with van der Waals surface area (Å²) in [5.41, 5.74) is 8.64. The lowest BCUT2D eigenvalue weighted by molar-refractivity contribution is 0.616. The Balaban J connectivity index is 2.15. The van der Waals surface area contributed by atoms with E-state index >= 15 is 0 Å². The van der Waals surface area contributed by atoms with Gasteiger partial charge in [-0.15, -0.1) is 0 Å². The number of hydrogen-bond donors (Lipinski definition) is 1. The van der Waals surface area contributed by atoms with Gasteiger partial charge in [0, 0.05) is 19.6 Å². The molecule has 0 aliphatic carbocycles. The summed E-state index contributed by atoms with van der Waals surface area (Å²) in [6.45, 7) is 2.63. The van der Waals surface area contributed by atoms with Crippen molar-refractivity contribution in [1.29, 1.82) is 0 Å². The van der Waals surface area contributed by atoms with Crippen molar-refractivity contribution in [3.63, 3.8) is 0 Å². The normalized spacial score (nSPS) is 12.2. The van der Waals surface area contributed by atoms with Gasteiger partial charge in [0.2, 0.25) is 0 Å². The Morgan fingerprint density at radius 1 is 1.10 bits per heavy atom. The molecule has 2 aromatic rings. The highest BCUT2D eigenvalue weighted by Crippen LogP contribution is 2.27. The third-order valence-corrected chi connectivity index (χ3v) is 3.47. The van der Waals surface area contributed by atoms with Crippen LogP contribution in [0.15, 0.2) is 48.5 Å². The number of anilines is 1. The molecule has 20 heavy (non-hydrogen) atoms. The minimum absolute atomic E-state index is 0.181. The van der Waals surface area contributed by atoms with Crippen molar-refractivity contribution in [3.05, 3.63) is 65.5 Å². The van der Waals surface area contributed by atoms with E-state index in [1.54, 1.807) is 6.07 Å². The minimum atomic E-state index is -0.213. The number of nitrogens with two attached hydrogens (primary N) is 1. The second-order valence-electron chi connectivity index (χ2n) is 5.12. The highest BCUT2D eigenvalue weighted by Gasteiger charge is 2.15. The Morgan fingerprint density at radius 2 is 1.80 bits per heavy atom. The van der Waals surface area contributed by atoms with Crippen LogP contribution in [0.5, 0.6) is 0 Å². The lowest BCUT2D eigenvalue weighted by atomic mass is 10.0. The number of halogens is 1. The summed E-state index contributed by atoms with van der Waals surface area (Å²) in [4.78, 5) is 1.95. The number of nitrogens with zero attached hydrogens (tertiary/aromatic N) is 1. The molecule has 0 fully saturated rings. The molecule has 0 unspecified atom stereocenters. The van der Waals surface area contributed by atoms with E-state index in [0.29, 0.717) is 5.69 Å². The van der Waals surface area contributed by atoms with Gasteiger partial charge in [0.15, 0.2) is 0 Å². The number of hydrogen-bond acceptors (Lipinski definition) is 2. The van der Waals surface area contributed by atoms with Crippen molar-refractivity contribution >= 4 is 5.69 Å². The Kier molecular flexibility index (Phi) is 4.74.